The molecule has 1 aromatic carbocycles. The molecule has 148 valence electrons. The third-order valence-corrected chi connectivity index (χ3v) is 4.81. The number of amides is 1. The maximum absolute atomic E-state index is 13.2. The quantitative estimate of drug-likeness (QED) is 0.584. The first-order valence-corrected chi connectivity index (χ1v) is 9.08. The average Bonchev–Trinajstić information content (AvgIpc) is 3.27. The van der Waals surface area contributed by atoms with Gasteiger partial charge in [-0.15, -0.1) is 11.3 Å². The first kappa shape index (κ1) is 19.9. The van der Waals surface area contributed by atoms with Gasteiger partial charge in [0.05, 0.1) is 17.6 Å². The average molecular weight is 411 g/mol. The van der Waals surface area contributed by atoms with Crippen LogP contribution in [0.25, 0.3) is 11.0 Å². The predicted octanol–water partition coefficient (Wildman–Crippen LogP) is 3.32. The Bertz CT molecular complexity index is 983. The monoisotopic (exact) mass is 411 g/mol. The normalized spacial score (nSPS) is 11.6. The number of aromatic nitrogens is 2. The van der Waals surface area contributed by atoms with E-state index in [-0.39, 0.29) is 11.0 Å². The standard InChI is InChI=1S/C18H16F3N3O3S/c1-23(9-12-5-4-8-28-12)15(25)11-27-16(26)10-24-14-7-3-2-6-13(14)22-17(24)18(19,20)21/h2-8H,9-11H2,1H3. The van der Waals surface area contributed by atoms with E-state index < -0.39 is 37.0 Å². The van der Waals surface area contributed by atoms with E-state index in [0.717, 1.165) is 9.44 Å². The number of fused-ring (bicyclic) bond motifs is 1. The van der Waals surface area contributed by atoms with Crippen molar-refractivity contribution in [1.82, 2.24) is 14.5 Å². The van der Waals surface area contributed by atoms with Gasteiger partial charge in [0.25, 0.3) is 5.91 Å². The highest BCUT2D eigenvalue weighted by atomic mass is 32.1. The minimum atomic E-state index is -4.73. The molecule has 0 atom stereocenters. The number of hydrogen-bond acceptors (Lipinski definition) is 5. The van der Waals surface area contributed by atoms with Crippen LogP contribution in [0.5, 0.6) is 0 Å². The van der Waals surface area contributed by atoms with E-state index in [2.05, 4.69) is 4.98 Å². The van der Waals surface area contributed by atoms with Gasteiger partial charge in [-0.3, -0.25) is 9.59 Å². The Morgan fingerprint density at radius 3 is 2.64 bits per heavy atom. The number of halogens is 3. The van der Waals surface area contributed by atoms with Crippen molar-refractivity contribution in [3.8, 4) is 0 Å². The van der Waals surface area contributed by atoms with Crippen molar-refractivity contribution >= 4 is 34.2 Å². The largest absolute Gasteiger partial charge is 0.454 e. The Morgan fingerprint density at radius 1 is 1.21 bits per heavy atom. The summed E-state index contributed by atoms with van der Waals surface area (Å²) in [4.78, 5) is 30.0. The number of ether oxygens (including phenoxy) is 1. The van der Waals surface area contributed by atoms with Crippen molar-refractivity contribution in [2.45, 2.75) is 19.3 Å². The van der Waals surface area contributed by atoms with Crippen LogP contribution < -0.4 is 0 Å². The van der Waals surface area contributed by atoms with Gasteiger partial charge < -0.3 is 14.2 Å². The smallest absolute Gasteiger partial charge is 0.449 e. The van der Waals surface area contributed by atoms with Crippen LogP contribution in [0.4, 0.5) is 13.2 Å². The summed E-state index contributed by atoms with van der Waals surface area (Å²) in [7, 11) is 1.56. The molecule has 0 spiro atoms. The SMILES string of the molecule is CN(Cc1cccs1)C(=O)COC(=O)Cn1c(C(F)(F)F)nc2ccccc21. The first-order chi connectivity index (χ1) is 13.3. The lowest BCUT2D eigenvalue weighted by atomic mass is 10.3. The summed E-state index contributed by atoms with van der Waals surface area (Å²) in [5, 5.41) is 1.88. The lowest BCUT2D eigenvalue weighted by molar-refractivity contribution is -0.155. The minimum Gasteiger partial charge on any atom is -0.454 e. The van der Waals surface area contributed by atoms with E-state index >= 15 is 0 Å². The van der Waals surface area contributed by atoms with Gasteiger partial charge in [0.1, 0.15) is 6.54 Å². The molecule has 0 radical (unpaired) electrons. The highest BCUT2D eigenvalue weighted by Gasteiger charge is 2.38. The fourth-order valence-corrected chi connectivity index (χ4v) is 3.36. The third-order valence-electron chi connectivity index (χ3n) is 3.95. The molecular formula is C18H16F3N3O3S. The van der Waals surface area contributed by atoms with Crippen molar-refractivity contribution in [1.29, 1.82) is 0 Å². The van der Waals surface area contributed by atoms with Crippen LogP contribution in [0.2, 0.25) is 0 Å². The summed E-state index contributed by atoms with van der Waals surface area (Å²) < 4.78 is 45.4. The molecule has 3 aromatic rings. The first-order valence-electron chi connectivity index (χ1n) is 8.20. The van der Waals surface area contributed by atoms with E-state index in [1.807, 2.05) is 17.5 Å². The highest BCUT2D eigenvalue weighted by molar-refractivity contribution is 7.09. The van der Waals surface area contributed by atoms with Crippen LogP contribution in [-0.2, 0) is 33.6 Å². The maximum Gasteiger partial charge on any atom is 0.449 e. The molecule has 1 amide bonds. The van der Waals surface area contributed by atoms with Crippen LogP contribution in [0.15, 0.2) is 41.8 Å². The Labute approximate surface area is 162 Å². The molecule has 0 saturated carbocycles. The van der Waals surface area contributed by atoms with E-state index in [1.54, 1.807) is 19.2 Å². The summed E-state index contributed by atoms with van der Waals surface area (Å²) in [5.41, 5.74) is 0.280. The molecule has 2 heterocycles. The number of para-hydroxylation sites is 2. The molecule has 0 N–H and O–H groups in total. The number of carbonyl (C=O) groups is 2. The van der Waals surface area contributed by atoms with Crippen LogP contribution in [0.1, 0.15) is 10.7 Å². The Kier molecular flexibility index (Phi) is 5.68. The van der Waals surface area contributed by atoms with Gasteiger partial charge in [0.2, 0.25) is 5.82 Å². The second-order valence-corrected chi connectivity index (χ2v) is 7.03. The topological polar surface area (TPSA) is 64.4 Å². The van der Waals surface area contributed by atoms with E-state index in [4.69, 9.17) is 4.74 Å². The number of thiophene rings is 1. The summed E-state index contributed by atoms with van der Waals surface area (Å²) in [6.45, 7) is -0.885. The van der Waals surface area contributed by atoms with E-state index in [0.29, 0.717) is 6.54 Å². The number of hydrogen-bond donors (Lipinski definition) is 0. The molecule has 6 nitrogen and oxygen atoms in total. The van der Waals surface area contributed by atoms with Crippen molar-refractivity contribution in [3.05, 3.63) is 52.5 Å². The zero-order valence-electron chi connectivity index (χ0n) is 14.8. The lowest BCUT2D eigenvalue weighted by Gasteiger charge is -2.16. The van der Waals surface area contributed by atoms with Gasteiger partial charge in [-0.1, -0.05) is 18.2 Å². The number of alkyl halides is 3. The van der Waals surface area contributed by atoms with Crippen LogP contribution in [-0.4, -0.2) is 40.0 Å². The minimum absolute atomic E-state index is 0.120. The molecule has 2 aromatic heterocycles. The molecule has 0 bridgehead atoms. The second-order valence-electron chi connectivity index (χ2n) is 6.00. The second kappa shape index (κ2) is 8.01. The molecule has 10 heteroatoms. The van der Waals surface area contributed by atoms with E-state index in [1.165, 1.54) is 28.4 Å². The Balaban J connectivity index is 1.65. The fourth-order valence-electron chi connectivity index (χ4n) is 2.60. The number of rotatable bonds is 6. The van der Waals surface area contributed by atoms with Gasteiger partial charge in [-0.2, -0.15) is 13.2 Å². The molecule has 0 unspecified atom stereocenters. The number of esters is 1. The number of benzene rings is 1. The number of likely N-dealkylation sites (N-methyl/N-ethyl adjacent to an activating group) is 1. The van der Waals surface area contributed by atoms with Crippen molar-refractivity contribution in [2.24, 2.45) is 0 Å². The summed E-state index contributed by atoms with van der Waals surface area (Å²) in [6.07, 6.45) is -4.73. The molecule has 0 fully saturated rings. The number of nitrogens with zero attached hydrogens (tertiary/aromatic N) is 3. The predicted molar refractivity (Wildman–Crippen MR) is 96.5 cm³/mol. The van der Waals surface area contributed by atoms with Gasteiger partial charge in [-0.05, 0) is 23.6 Å². The van der Waals surface area contributed by atoms with Gasteiger partial charge in [0, 0.05) is 11.9 Å². The van der Waals surface area contributed by atoms with Gasteiger partial charge in [0.15, 0.2) is 6.61 Å². The molecular weight excluding hydrogens is 395 g/mol. The zero-order valence-corrected chi connectivity index (χ0v) is 15.6. The van der Waals surface area contributed by atoms with E-state index in [9.17, 15) is 22.8 Å². The summed E-state index contributed by atoms with van der Waals surface area (Å²) in [5.74, 6) is -2.59. The molecule has 0 aliphatic rings. The Hall–Kier alpha value is -2.88. The molecule has 0 saturated heterocycles. The number of imidazole rings is 1. The third kappa shape index (κ3) is 4.50. The molecule has 0 aliphatic heterocycles. The summed E-state index contributed by atoms with van der Waals surface area (Å²) in [6, 6.07) is 9.69. The van der Waals surface area contributed by atoms with Crippen LogP contribution in [0.3, 0.4) is 0 Å². The number of carbonyl (C=O) groups excluding carboxylic acids is 2. The van der Waals surface area contributed by atoms with Gasteiger partial charge in [-0.25, -0.2) is 4.98 Å². The van der Waals surface area contributed by atoms with Crippen LogP contribution >= 0.6 is 11.3 Å². The maximum atomic E-state index is 13.2. The molecule has 3 rings (SSSR count). The lowest BCUT2D eigenvalue weighted by Crippen LogP contribution is -2.31. The van der Waals surface area contributed by atoms with Crippen molar-refractivity contribution < 1.29 is 27.5 Å². The molecule has 28 heavy (non-hydrogen) atoms. The Morgan fingerprint density at radius 2 is 1.96 bits per heavy atom. The zero-order chi connectivity index (χ0) is 20.3. The van der Waals surface area contributed by atoms with Crippen LogP contribution in [0, 0.1) is 0 Å². The molecule has 0 aliphatic carbocycles. The van der Waals surface area contributed by atoms with Gasteiger partial charge >= 0.3 is 12.1 Å². The fraction of sp³-hybridized carbons (Fsp3) is 0.278. The summed E-state index contributed by atoms with van der Waals surface area (Å²) >= 11 is 1.48. The van der Waals surface area contributed by atoms with Crippen molar-refractivity contribution in [3.63, 3.8) is 0 Å². The van der Waals surface area contributed by atoms with Crippen molar-refractivity contribution in [2.75, 3.05) is 13.7 Å². The highest BCUT2D eigenvalue weighted by Crippen LogP contribution is 2.31.